The topological polar surface area (TPSA) is 51.2 Å². The zero-order chi connectivity index (χ0) is 28.3. The Morgan fingerprint density at radius 3 is 2.48 bits per heavy atom. The van der Waals surface area contributed by atoms with Crippen molar-refractivity contribution in [3.8, 4) is 11.5 Å². The molecule has 0 aliphatic carbocycles. The maximum atomic E-state index is 12.4. The van der Waals surface area contributed by atoms with Gasteiger partial charge in [-0.2, -0.15) is 0 Å². The molecular weight excluding hydrogens is 592 g/mol. The van der Waals surface area contributed by atoms with E-state index in [9.17, 15) is 4.79 Å². The number of hydrogen-bond acceptors (Lipinski definition) is 6. The molecular formula is C32H34BrClN2O4. The summed E-state index contributed by atoms with van der Waals surface area (Å²) in [5.41, 5.74) is 5.14. The third-order valence-electron chi connectivity index (χ3n) is 7.41. The van der Waals surface area contributed by atoms with Crippen molar-refractivity contribution in [1.82, 2.24) is 4.90 Å². The van der Waals surface area contributed by atoms with Crippen LogP contribution in [-0.2, 0) is 9.47 Å². The number of anilines is 1. The molecule has 2 aliphatic rings. The summed E-state index contributed by atoms with van der Waals surface area (Å²) >= 11 is 9.64. The minimum atomic E-state index is -0.427. The molecule has 210 valence electrons. The molecule has 2 heterocycles. The molecule has 3 aromatic rings. The first kappa shape index (κ1) is 28.7. The molecule has 1 fully saturated rings. The monoisotopic (exact) mass is 624 g/mol. The lowest BCUT2D eigenvalue weighted by molar-refractivity contribution is -0.0101. The first-order valence-corrected chi connectivity index (χ1v) is 14.6. The lowest BCUT2D eigenvalue weighted by atomic mass is 9.87. The predicted molar refractivity (Wildman–Crippen MR) is 164 cm³/mol. The largest absolute Gasteiger partial charge is 0.465 e. The Bertz CT molecular complexity index is 1400. The van der Waals surface area contributed by atoms with Crippen LogP contribution >= 0.6 is 27.5 Å². The molecule has 6 nitrogen and oxygen atoms in total. The van der Waals surface area contributed by atoms with E-state index >= 15 is 0 Å². The van der Waals surface area contributed by atoms with Gasteiger partial charge in [0, 0.05) is 60.4 Å². The van der Waals surface area contributed by atoms with Gasteiger partial charge in [-0.05, 0) is 73.0 Å². The molecule has 40 heavy (non-hydrogen) atoms. The summed E-state index contributed by atoms with van der Waals surface area (Å²) in [6, 6.07) is 21.4. The third kappa shape index (κ3) is 6.89. The number of nitrogens with zero attached hydrogens (tertiary/aromatic N) is 2. The van der Waals surface area contributed by atoms with E-state index in [1.165, 1.54) is 23.8 Å². The van der Waals surface area contributed by atoms with Gasteiger partial charge in [0.2, 0.25) is 0 Å². The number of rotatable bonds is 7. The van der Waals surface area contributed by atoms with Gasteiger partial charge < -0.3 is 19.1 Å². The SMILES string of the molecule is COC(=O)c1ccc(N2CCN(CC3=C(c4ccc(Cl)cc4)CC(C)(C)OC3)CC2)cc1Oc1cccc(Br)c1. The number of benzene rings is 3. The molecule has 0 radical (unpaired) electrons. The van der Waals surface area contributed by atoms with Crippen LogP contribution in [0, 0.1) is 0 Å². The van der Waals surface area contributed by atoms with Crippen LogP contribution in [0.4, 0.5) is 5.69 Å². The van der Waals surface area contributed by atoms with Crippen molar-refractivity contribution in [3.63, 3.8) is 0 Å². The van der Waals surface area contributed by atoms with Crippen LogP contribution in [0.2, 0.25) is 5.02 Å². The van der Waals surface area contributed by atoms with E-state index in [0.29, 0.717) is 23.7 Å². The summed E-state index contributed by atoms with van der Waals surface area (Å²) in [5.74, 6) is 0.692. The molecule has 8 heteroatoms. The fourth-order valence-corrected chi connectivity index (χ4v) is 5.74. The zero-order valence-corrected chi connectivity index (χ0v) is 25.4. The third-order valence-corrected chi connectivity index (χ3v) is 8.15. The fraction of sp³-hybridized carbons (Fsp3) is 0.344. The molecule has 1 saturated heterocycles. The molecule has 2 aliphatic heterocycles. The average Bonchev–Trinajstić information content (AvgIpc) is 2.94. The number of piperazine rings is 1. The second-order valence-electron chi connectivity index (χ2n) is 10.8. The Kier molecular flexibility index (Phi) is 8.86. The predicted octanol–water partition coefficient (Wildman–Crippen LogP) is 7.46. The molecule has 0 amide bonds. The number of hydrogen-bond donors (Lipinski definition) is 0. The van der Waals surface area contributed by atoms with E-state index in [0.717, 1.165) is 54.3 Å². The minimum Gasteiger partial charge on any atom is -0.465 e. The van der Waals surface area contributed by atoms with Gasteiger partial charge >= 0.3 is 5.97 Å². The van der Waals surface area contributed by atoms with Crippen molar-refractivity contribution in [2.75, 3.05) is 51.3 Å². The van der Waals surface area contributed by atoms with Gasteiger partial charge in [-0.1, -0.05) is 45.7 Å². The summed E-state index contributed by atoms with van der Waals surface area (Å²) in [6.45, 7) is 9.38. The Hall–Kier alpha value is -2.84. The summed E-state index contributed by atoms with van der Waals surface area (Å²) in [7, 11) is 1.38. The lowest BCUT2D eigenvalue weighted by Gasteiger charge is -2.39. The van der Waals surface area contributed by atoms with Crippen LogP contribution in [-0.4, -0.2) is 62.9 Å². The number of carbonyl (C=O) groups is 1. The van der Waals surface area contributed by atoms with E-state index in [2.05, 4.69) is 51.7 Å². The zero-order valence-electron chi connectivity index (χ0n) is 23.1. The van der Waals surface area contributed by atoms with Gasteiger partial charge in [0.1, 0.15) is 17.1 Å². The van der Waals surface area contributed by atoms with Gasteiger partial charge in [-0.3, -0.25) is 4.90 Å². The first-order valence-electron chi connectivity index (χ1n) is 13.4. The van der Waals surface area contributed by atoms with E-state index in [1.807, 2.05) is 48.5 Å². The summed E-state index contributed by atoms with van der Waals surface area (Å²) in [4.78, 5) is 17.3. The second kappa shape index (κ2) is 12.4. The van der Waals surface area contributed by atoms with Gasteiger partial charge in [0.05, 0.1) is 19.3 Å². The summed E-state index contributed by atoms with van der Waals surface area (Å²) in [6.07, 6.45) is 0.872. The van der Waals surface area contributed by atoms with E-state index < -0.39 is 5.97 Å². The molecule has 0 saturated carbocycles. The quantitative estimate of drug-likeness (QED) is 0.254. The van der Waals surface area contributed by atoms with Crippen LogP contribution in [0.25, 0.3) is 5.57 Å². The van der Waals surface area contributed by atoms with Crippen molar-refractivity contribution in [3.05, 3.63) is 92.9 Å². The van der Waals surface area contributed by atoms with Gasteiger partial charge in [0.25, 0.3) is 0 Å². The summed E-state index contributed by atoms with van der Waals surface area (Å²) < 4.78 is 18.3. The van der Waals surface area contributed by atoms with Gasteiger partial charge in [-0.25, -0.2) is 4.79 Å². The minimum absolute atomic E-state index is 0.191. The number of carbonyl (C=O) groups excluding carboxylic acids is 1. The molecule has 0 atom stereocenters. The molecule has 3 aromatic carbocycles. The van der Waals surface area contributed by atoms with Crippen LogP contribution in [0.15, 0.2) is 76.8 Å². The van der Waals surface area contributed by atoms with E-state index in [1.54, 1.807) is 6.07 Å². The van der Waals surface area contributed by atoms with E-state index in [-0.39, 0.29) is 5.60 Å². The van der Waals surface area contributed by atoms with Crippen molar-refractivity contribution in [2.45, 2.75) is 25.9 Å². The van der Waals surface area contributed by atoms with Crippen molar-refractivity contribution in [2.24, 2.45) is 0 Å². The molecule has 0 bridgehead atoms. The first-order chi connectivity index (χ1) is 19.2. The van der Waals surface area contributed by atoms with Crippen molar-refractivity contribution >= 4 is 44.8 Å². The number of halogens is 2. The summed E-state index contributed by atoms with van der Waals surface area (Å²) in [5, 5.41) is 0.748. The molecule has 5 rings (SSSR count). The van der Waals surface area contributed by atoms with Gasteiger partial charge in [-0.15, -0.1) is 0 Å². The highest BCUT2D eigenvalue weighted by Gasteiger charge is 2.30. The smallest absolute Gasteiger partial charge is 0.341 e. The van der Waals surface area contributed by atoms with Crippen LogP contribution < -0.4 is 9.64 Å². The maximum Gasteiger partial charge on any atom is 0.341 e. The van der Waals surface area contributed by atoms with Crippen molar-refractivity contribution < 1.29 is 19.0 Å². The highest BCUT2D eigenvalue weighted by Crippen LogP contribution is 2.36. The van der Waals surface area contributed by atoms with Crippen LogP contribution in [0.5, 0.6) is 11.5 Å². The second-order valence-corrected chi connectivity index (χ2v) is 12.2. The maximum absolute atomic E-state index is 12.4. The highest BCUT2D eigenvalue weighted by atomic mass is 79.9. The molecule has 0 aromatic heterocycles. The molecule has 0 unspecified atom stereocenters. The Morgan fingerprint density at radius 2 is 1.77 bits per heavy atom. The number of ether oxygens (including phenoxy) is 3. The van der Waals surface area contributed by atoms with Crippen LogP contribution in [0.3, 0.4) is 0 Å². The lowest BCUT2D eigenvalue weighted by Crippen LogP contribution is -2.47. The Morgan fingerprint density at radius 1 is 1.02 bits per heavy atom. The van der Waals surface area contributed by atoms with E-state index in [4.69, 9.17) is 25.8 Å². The normalized spacial score (nSPS) is 17.6. The number of esters is 1. The Balaban J connectivity index is 1.30. The Labute approximate surface area is 249 Å². The average molecular weight is 626 g/mol. The van der Waals surface area contributed by atoms with Gasteiger partial charge in [0.15, 0.2) is 0 Å². The van der Waals surface area contributed by atoms with Crippen LogP contribution in [0.1, 0.15) is 36.2 Å². The highest BCUT2D eigenvalue weighted by molar-refractivity contribution is 9.10. The van der Waals surface area contributed by atoms with Crippen molar-refractivity contribution in [1.29, 1.82) is 0 Å². The number of methoxy groups -OCH3 is 1. The molecule has 0 N–H and O–H groups in total. The fourth-order valence-electron chi connectivity index (χ4n) is 5.23. The standard InChI is InChI=1S/C32H34BrClN2O4/c1-32(2)19-29(22-7-9-25(34)10-8-22)23(21-39-32)20-35-13-15-36(16-14-35)26-11-12-28(31(37)38-3)30(18-26)40-27-6-4-5-24(33)17-27/h4-12,17-18H,13-16,19-21H2,1-3H3. The molecule has 0 spiro atoms.